The summed E-state index contributed by atoms with van der Waals surface area (Å²) in [6.07, 6.45) is 2.46. The van der Waals surface area contributed by atoms with Crippen LogP contribution in [0.5, 0.6) is 0 Å². The minimum absolute atomic E-state index is 0.724. The van der Waals surface area contributed by atoms with Gasteiger partial charge in [-0.2, -0.15) is 11.8 Å². The molecule has 0 saturated carbocycles. The lowest BCUT2D eigenvalue weighted by atomic mass is 10.1. The zero-order chi connectivity index (χ0) is 8.39. The van der Waals surface area contributed by atoms with Crippen LogP contribution in [0.4, 0.5) is 0 Å². The Balaban J connectivity index is 1.90. The molecule has 70 valence electrons. The maximum absolute atomic E-state index is 5.45. The molecule has 0 spiro atoms. The maximum atomic E-state index is 5.45. The van der Waals surface area contributed by atoms with Gasteiger partial charge in [0.05, 0.1) is 6.61 Å². The van der Waals surface area contributed by atoms with Crippen molar-refractivity contribution < 1.29 is 4.74 Å². The third-order valence-corrected chi connectivity index (χ3v) is 4.25. The Kier molecular flexibility index (Phi) is 2.94. The van der Waals surface area contributed by atoms with Crippen molar-refractivity contribution in [1.82, 2.24) is 5.32 Å². The van der Waals surface area contributed by atoms with Crippen molar-refractivity contribution in [2.45, 2.75) is 37.1 Å². The molecule has 3 unspecified atom stereocenters. The highest BCUT2D eigenvalue weighted by Gasteiger charge is 2.31. The molecule has 2 aliphatic rings. The van der Waals surface area contributed by atoms with Gasteiger partial charge in [-0.15, -0.1) is 0 Å². The number of nitrogens with one attached hydrogen (secondary N) is 1. The number of hydrogen-bond donors (Lipinski definition) is 1. The molecule has 2 aliphatic heterocycles. The molecule has 0 aliphatic carbocycles. The summed E-state index contributed by atoms with van der Waals surface area (Å²) in [5.74, 6) is 1.26. The van der Waals surface area contributed by atoms with E-state index in [4.69, 9.17) is 4.74 Å². The number of thioether (sulfide) groups is 1. The van der Waals surface area contributed by atoms with Crippen molar-refractivity contribution in [3.8, 4) is 0 Å². The van der Waals surface area contributed by atoms with Crippen molar-refractivity contribution in [1.29, 1.82) is 0 Å². The molecule has 1 N–H and O–H groups in total. The Hall–Kier alpha value is 0.270. The van der Waals surface area contributed by atoms with E-state index >= 15 is 0 Å². The molecule has 0 aromatic carbocycles. The molecule has 12 heavy (non-hydrogen) atoms. The predicted octanol–water partition coefficient (Wildman–Crippen LogP) is 1.26. The lowest BCUT2D eigenvalue weighted by Crippen LogP contribution is -2.53. The quantitative estimate of drug-likeness (QED) is 0.668. The number of ether oxygens (including phenoxy) is 1. The zero-order valence-corrected chi connectivity index (χ0v) is 8.40. The summed E-state index contributed by atoms with van der Waals surface area (Å²) < 4.78 is 5.45. The molecule has 2 saturated heterocycles. The van der Waals surface area contributed by atoms with Crippen LogP contribution in [0.25, 0.3) is 0 Å². The minimum Gasteiger partial charge on any atom is -0.380 e. The normalized spacial score (nSPS) is 42.2. The van der Waals surface area contributed by atoms with Crippen molar-refractivity contribution in [3.05, 3.63) is 0 Å². The van der Waals surface area contributed by atoms with Gasteiger partial charge >= 0.3 is 0 Å². The van der Waals surface area contributed by atoms with Gasteiger partial charge in [0.1, 0.15) is 0 Å². The first-order valence-corrected chi connectivity index (χ1v) is 5.90. The fraction of sp³-hybridized carbons (Fsp3) is 1.00. The summed E-state index contributed by atoms with van der Waals surface area (Å²) in [7, 11) is 0. The lowest BCUT2D eigenvalue weighted by Gasteiger charge is -2.39. The van der Waals surface area contributed by atoms with Crippen LogP contribution in [0.2, 0.25) is 0 Å². The van der Waals surface area contributed by atoms with Gasteiger partial charge in [-0.25, -0.2) is 0 Å². The van der Waals surface area contributed by atoms with Gasteiger partial charge in [0.25, 0.3) is 0 Å². The van der Waals surface area contributed by atoms with Crippen LogP contribution in [0.1, 0.15) is 19.8 Å². The molecule has 3 heteroatoms. The Morgan fingerprint density at radius 3 is 3.33 bits per heavy atom. The molecule has 2 heterocycles. The maximum Gasteiger partial charge on any atom is 0.0600 e. The Morgan fingerprint density at radius 2 is 2.50 bits per heavy atom. The standard InChI is InChI=1S/C9H17NOS/c1-2-7-6-12-9-5-11-4-3-8(9)10-7/h7-10H,2-6H2,1H3. The van der Waals surface area contributed by atoms with Crippen LogP contribution in [0, 0.1) is 0 Å². The fourth-order valence-electron chi connectivity index (χ4n) is 1.89. The van der Waals surface area contributed by atoms with Gasteiger partial charge in [-0.1, -0.05) is 6.92 Å². The summed E-state index contributed by atoms with van der Waals surface area (Å²) in [5, 5.41) is 4.43. The summed E-state index contributed by atoms with van der Waals surface area (Å²) in [6, 6.07) is 1.47. The van der Waals surface area contributed by atoms with Crippen molar-refractivity contribution in [3.63, 3.8) is 0 Å². The van der Waals surface area contributed by atoms with E-state index in [1.807, 2.05) is 0 Å². The van der Waals surface area contributed by atoms with Crippen molar-refractivity contribution >= 4 is 11.8 Å². The van der Waals surface area contributed by atoms with E-state index in [1.54, 1.807) is 0 Å². The Labute approximate surface area is 78.4 Å². The number of fused-ring (bicyclic) bond motifs is 1. The zero-order valence-electron chi connectivity index (χ0n) is 7.58. The first-order chi connectivity index (χ1) is 5.90. The summed E-state index contributed by atoms with van der Waals surface area (Å²) >= 11 is 2.09. The smallest absolute Gasteiger partial charge is 0.0600 e. The van der Waals surface area contributed by atoms with E-state index in [9.17, 15) is 0 Å². The van der Waals surface area contributed by atoms with E-state index in [2.05, 4.69) is 24.0 Å². The molecule has 0 aromatic rings. The second kappa shape index (κ2) is 3.99. The minimum atomic E-state index is 0.724. The van der Waals surface area contributed by atoms with Crippen molar-refractivity contribution in [2.75, 3.05) is 19.0 Å². The molecule has 2 fully saturated rings. The molecule has 2 nitrogen and oxygen atoms in total. The average molecular weight is 187 g/mol. The van der Waals surface area contributed by atoms with Crippen LogP contribution in [-0.2, 0) is 4.74 Å². The molecular weight excluding hydrogens is 170 g/mol. The first-order valence-electron chi connectivity index (χ1n) is 4.85. The van der Waals surface area contributed by atoms with Crippen LogP contribution in [0.15, 0.2) is 0 Å². The number of rotatable bonds is 1. The number of hydrogen-bond acceptors (Lipinski definition) is 3. The van der Waals surface area contributed by atoms with Gasteiger partial charge in [0.2, 0.25) is 0 Å². The highest BCUT2D eigenvalue weighted by atomic mass is 32.2. The third-order valence-electron chi connectivity index (χ3n) is 2.76. The Morgan fingerprint density at radius 1 is 1.58 bits per heavy atom. The third kappa shape index (κ3) is 1.78. The van der Waals surface area contributed by atoms with Gasteiger partial charge in [0.15, 0.2) is 0 Å². The monoisotopic (exact) mass is 187 g/mol. The predicted molar refractivity (Wildman–Crippen MR) is 52.7 cm³/mol. The molecule has 0 aromatic heterocycles. The molecule has 0 radical (unpaired) electrons. The Bertz CT molecular complexity index is 153. The van der Waals surface area contributed by atoms with Gasteiger partial charge < -0.3 is 10.1 Å². The highest BCUT2D eigenvalue weighted by Crippen LogP contribution is 2.27. The largest absolute Gasteiger partial charge is 0.380 e. The van der Waals surface area contributed by atoms with Crippen molar-refractivity contribution in [2.24, 2.45) is 0 Å². The molecule has 2 rings (SSSR count). The average Bonchev–Trinajstić information content (AvgIpc) is 2.17. The second-order valence-corrected chi connectivity index (χ2v) is 4.89. The summed E-state index contributed by atoms with van der Waals surface area (Å²) in [4.78, 5) is 0. The summed E-state index contributed by atoms with van der Waals surface area (Å²) in [6.45, 7) is 4.17. The van der Waals surface area contributed by atoms with E-state index < -0.39 is 0 Å². The fourth-order valence-corrected chi connectivity index (χ4v) is 3.34. The second-order valence-electron chi connectivity index (χ2n) is 3.61. The first kappa shape index (κ1) is 8.85. The van der Waals surface area contributed by atoms with E-state index in [-0.39, 0.29) is 0 Å². The topological polar surface area (TPSA) is 21.3 Å². The van der Waals surface area contributed by atoms with Gasteiger partial charge in [-0.05, 0) is 12.8 Å². The lowest BCUT2D eigenvalue weighted by molar-refractivity contribution is 0.0784. The molecule has 0 amide bonds. The summed E-state index contributed by atoms with van der Waals surface area (Å²) in [5.41, 5.74) is 0. The SMILES string of the molecule is CCC1CSC2COCCC2N1. The van der Waals surface area contributed by atoms with Crippen LogP contribution in [-0.4, -0.2) is 36.3 Å². The van der Waals surface area contributed by atoms with Crippen LogP contribution in [0.3, 0.4) is 0 Å². The van der Waals surface area contributed by atoms with E-state index in [0.29, 0.717) is 0 Å². The van der Waals surface area contributed by atoms with Crippen LogP contribution < -0.4 is 5.32 Å². The van der Waals surface area contributed by atoms with E-state index in [1.165, 1.54) is 18.6 Å². The van der Waals surface area contributed by atoms with Gasteiger partial charge in [-0.3, -0.25) is 0 Å². The molecule has 0 bridgehead atoms. The van der Waals surface area contributed by atoms with E-state index in [0.717, 1.165) is 30.5 Å². The molecule has 3 atom stereocenters. The van der Waals surface area contributed by atoms with Gasteiger partial charge in [0, 0.05) is 29.7 Å². The highest BCUT2D eigenvalue weighted by molar-refractivity contribution is 8.00. The van der Waals surface area contributed by atoms with Crippen LogP contribution >= 0.6 is 11.8 Å². The molecular formula is C9H17NOS.